The van der Waals surface area contributed by atoms with Crippen LogP contribution in [0.15, 0.2) is 4.99 Å². The number of hydrogen-bond acceptors (Lipinski definition) is 5. The molecule has 0 aliphatic carbocycles. The molecule has 10 heteroatoms. The van der Waals surface area contributed by atoms with Crippen molar-refractivity contribution in [1.29, 1.82) is 0 Å². The Morgan fingerprint density at radius 3 is 1.33 bits per heavy atom. The van der Waals surface area contributed by atoms with Crippen molar-refractivity contribution in [3.63, 3.8) is 0 Å². The van der Waals surface area contributed by atoms with Crippen LogP contribution in [-0.4, -0.2) is 128 Å². The van der Waals surface area contributed by atoms with Gasteiger partial charge in [-0.15, -0.1) is 0 Å². The Bertz CT molecular complexity index is 765. The van der Waals surface area contributed by atoms with E-state index in [4.69, 9.17) is 4.55 Å². The van der Waals surface area contributed by atoms with Gasteiger partial charge in [0.25, 0.3) is 0 Å². The quantitative estimate of drug-likeness (QED) is 0.0463. The van der Waals surface area contributed by atoms with Crippen LogP contribution in [-0.2, 0) is 14.6 Å². The number of nitrogens with zero attached hydrogens (tertiary/aromatic N) is 4. The first-order valence-corrected chi connectivity index (χ1v) is 18.0. The van der Waals surface area contributed by atoms with Gasteiger partial charge >= 0.3 is 10.4 Å². The fourth-order valence-corrected chi connectivity index (χ4v) is 4.51. The molecule has 0 saturated heterocycles. The fraction of sp³-hybridized carbons (Fsp3) is 0.969. The van der Waals surface area contributed by atoms with Crippen LogP contribution in [0.2, 0.25) is 0 Å². The Hall–Kier alpha value is -0.780. The van der Waals surface area contributed by atoms with Gasteiger partial charge in [-0.1, -0.05) is 96.8 Å². The molecule has 0 atom stereocenters. The van der Waals surface area contributed by atoms with Crippen LogP contribution in [0.25, 0.3) is 0 Å². The third kappa shape index (κ3) is 35.4. The summed E-state index contributed by atoms with van der Waals surface area (Å²) in [5.74, 6) is 0.115. The van der Waals surface area contributed by atoms with E-state index < -0.39 is 10.4 Å². The lowest BCUT2D eigenvalue weighted by Crippen LogP contribution is -2.54. The summed E-state index contributed by atoms with van der Waals surface area (Å²) in [6.45, 7) is 8.54. The van der Waals surface area contributed by atoms with E-state index in [9.17, 15) is 13.5 Å². The molecule has 0 aromatic carbocycles. The highest BCUT2D eigenvalue weighted by molar-refractivity contribution is 7.80. The average molecular weight is 625 g/mol. The highest BCUT2D eigenvalue weighted by atomic mass is 32.3. The maximum absolute atomic E-state index is 12.2. The number of aliphatic imine (C=N–C) groups is 1. The average Bonchev–Trinajstić information content (AvgIpc) is 2.88. The Labute approximate surface area is 262 Å². The monoisotopic (exact) mass is 625 g/mol. The molecule has 0 amide bonds. The Kier molecular flexibility index (Phi) is 25.3. The minimum Gasteiger partial charge on any atom is -0.862 e. The second kappa shape index (κ2) is 24.5. The third-order valence-corrected chi connectivity index (χ3v) is 8.31. The van der Waals surface area contributed by atoms with Crippen LogP contribution >= 0.6 is 0 Å². The van der Waals surface area contributed by atoms with E-state index in [2.05, 4.69) is 65.4 Å². The van der Waals surface area contributed by atoms with Crippen molar-refractivity contribution in [3.05, 3.63) is 0 Å². The molecule has 0 rings (SSSR count). The van der Waals surface area contributed by atoms with E-state index in [-0.39, 0.29) is 5.90 Å². The maximum Gasteiger partial charge on any atom is 0.397 e. The second-order valence-corrected chi connectivity index (χ2v) is 15.5. The van der Waals surface area contributed by atoms with Gasteiger partial charge in [-0.2, -0.15) is 8.42 Å². The highest BCUT2D eigenvalue weighted by Crippen LogP contribution is 2.14. The molecule has 0 heterocycles. The van der Waals surface area contributed by atoms with Gasteiger partial charge in [0.15, 0.2) is 0 Å². The minimum absolute atomic E-state index is 0.115. The van der Waals surface area contributed by atoms with Crippen LogP contribution < -0.4 is 5.11 Å². The van der Waals surface area contributed by atoms with Gasteiger partial charge in [-0.25, -0.2) is 0 Å². The molecule has 0 radical (unpaired) electrons. The van der Waals surface area contributed by atoms with Gasteiger partial charge < -0.3 is 18.6 Å². The van der Waals surface area contributed by atoms with Gasteiger partial charge in [0, 0.05) is 0 Å². The molecule has 254 valence electrons. The van der Waals surface area contributed by atoms with Crippen LogP contribution in [0.3, 0.4) is 0 Å². The van der Waals surface area contributed by atoms with Crippen LogP contribution in [0.5, 0.6) is 0 Å². The predicted molar refractivity (Wildman–Crippen MR) is 177 cm³/mol. The summed E-state index contributed by atoms with van der Waals surface area (Å²) in [5, 5.41) is 12.2. The van der Waals surface area contributed by atoms with Crippen molar-refractivity contribution >= 4 is 16.3 Å². The van der Waals surface area contributed by atoms with Crippen LogP contribution in [0.1, 0.15) is 110 Å². The lowest BCUT2D eigenvalue weighted by Gasteiger charge is -2.37. The van der Waals surface area contributed by atoms with Gasteiger partial charge in [0.2, 0.25) is 0 Å². The summed E-state index contributed by atoms with van der Waals surface area (Å²) < 4.78 is 32.7. The van der Waals surface area contributed by atoms with Crippen molar-refractivity contribution in [2.75, 3.05) is 95.7 Å². The summed E-state index contributed by atoms with van der Waals surface area (Å²) in [6, 6.07) is 0. The Morgan fingerprint density at radius 1 is 0.643 bits per heavy atom. The lowest BCUT2D eigenvalue weighted by molar-refractivity contribution is -0.963. The first kappa shape index (κ1) is 43.3. The van der Waals surface area contributed by atoms with E-state index in [0.29, 0.717) is 13.0 Å². The maximum atomic E-state index is 12.2. The first-order chi connectivity index (χ1) is 19.4. The molecule has 0 aliphatic heterocycles. The van der Waals surface area contributed by atoms with E-state index >= 15 is 0 Å². The number of unbranched alkanes of at least 4 members (excludes halogenated alkanes) is 14. The molecule has 0 unspecified atom stereocenters. The predicted octanol–water partition coefficient (Wildman–Crippen LogP) is 5.30. The fourth-order valence-electron chi connectivity index (χ4n) is 4.51. The van der Waals surface area contributed by atoms with Crippen molar-refractivity contribution < 1.29 is 35.7 Å². The Morgan fingerprint density at radius 2 is 0.976 bits per heavy atom. The van der Waals surface area contributed by atoms with E-state index in [1.54, 1.807) is 0 Å². The first-order valence-electron chi connectivity index (χ1n) is 16.6. The number of rotatable bonds is 26. The molecule has 0 saturated carbocycles. The summed E-state index contributed by atoms with van der Waals surface area (Å²) in [6.07, 6.45) is 21.0. The highest BCUT2D eigenvalue weighted by Gasteiger charge is 2.24. The molecule has 42 heavy (non-hydrogen) atoms. The largest absolute Gasteiger partial charge is 0.862 e. The molecule has 1 N–H and O–H groups in total. The van der Waals surface area contributed by atoms with Gasteiger partial charge in [-0.3, -0.25) is 13.7 Å². The number of likely N-dealkylation sites (N-methyl/N-ethyl adjacent to an activating group) is 3. The smallest absolute Gasteiger partial charge is 0.397 e. The molecule has 0 aliphatic rings. The zero-order valence-corrected chi connectivity index (χ0v) is 30.2. The molecular formula is C32H72N4O5S+2. The van der Waals surface area contributed by atoms with Crippen LogP contribution in [0, 0.1) is 0 Å². The third-order valence-electron chi connectivity index (χ3n) is 7.89. The topological polar surface area (TPSA) is 99.0 Å². The van der Waals surface area contributed by atoms with Crippen molar-refractivity contribution in [2.45, 2.75) is 110 Å². The zero-order valence-electron chi connectivity index (χ0n) is 29.3. The standard InChI is InChI=1S/C31H68N4O.CH4O4S/c1-9-10-11-12-13-14-15-16-17-18-19-20-21-22-23-24-31(36)32-25-26-34(5,6)29-30-35(7,8)28-27-33(2,3)4;1-5-6(2,3)4/h9-30H2,1-8H3;1H3,(H,2,3,4)/q+2;. The number of hydrogen-bond donors (Lipinski definition) is 1. The SMILES string of the molecule is CCCCCCCCCCCCCCCCCC([O-])=NCC[N+](C)(C)CC[N+](C)(C)CC[N+](C)(C)C.COS(=O)(=O)O. The van der Waals surface area contributed by atoms with Crippen molar-refractivity contribution in [3.8, 4) is 0 Å². The molecule has 0 aromatic heterocycles. The molecule has 0 fully saturated rings. The minimum atomic E-state index is -4.16. The van der Waals surface area contributed by atoms with Gasteiger partial charge in [0.05, 0.1) is 69.5 Å². The Balaban J connectivity index is 0. The van der Waals surface area contributed by atoms with E-state index in [1.165, 1.54) is 103 Å². The summed E-state index contributed by atoms with van der Waals surface area (Å²) in [4.78, 5) is 4.36. The van der Waals surface area contributed by atoms with E-state index in [0.717, 1.165) is 46.6 Å². The van der Waals surface area contributed by atoms with Gasteiger partial charge in [0.1, 0.15) is 26.2 Å². The second-order valence-electron chi connectivity index (χ2n) is 14.3. The number of quaternary nitrogens is 3. The lowest BCUT2D eigenvalue weighted by atomic mass is 10.0. The normalized spacial score (nSPS) is 13.2. The van der Waals surface area contributed by atoms with Crippen molar-refractivity contribution in [1.82, 2.24) is 0 Å². The van der Waals surface area contributed by atoms with E-state index in [1.807, 2.05) is 0 Å². The molecule has 0 aromatic rings. The summed E-state index contributed by atoms with van der Waals surface area (Å²) >= 11 is 0. The van der Waals surface area contributed by atoms with Crippen LogP contribution in [0.4, 0.5) is 0 Å². The molecule has 0 bridgehead atoms. The summed E-state index contributed by atoms with van der Waals surface area (Å²) in [5.41, 5.74) is 0. The zero-order chi connectivity index (χ0) is 32.5. The van der Waals surface area contributed by atoms with Gasteiger partial charge in [-0.05, 0) is 18.7 Å². The summed E-state index contributed by atoms with van der Waals surface area (Å²) in [7, 11) is 12.7. The molecule has 9 nitrogen and oxygen atoms in total. The molecular weight excluding hydrogens is 552 g/mol. The van der Waals surface area contributed by atoms with Crippen molar-refractivity contribution in [2.24, 2.45) is 4.99 Å². The molecule has 0 spiro atoms.